The predicted molar refractivity (Wildman–Crippen MR) is 65.1 cm³/mol. The molecule has 2 heteroatoms. The summed E-state index contributed by atoms with van der Waals surface area (Å²) in [7, 11) is 0. The molecule has 4 bridgehead atoms. The first kappa shape index (κ1) is 11.0. The van der Waals surface area contributed by atoms with Crippen molar-refractivity contribution in [2.24, 2.45) is 23.7 Å². The van der Waals surface area contributed by atoms with Crippen molar-refractivity contribution >= 4 is 0 Å². The third-order valence-electron chi connectivity index (χ3n) is 5.37. The summed E-state index contributed by atoms with van der Waals surface area (Å²) in [6, 6.07) is 1.06. The fourth-order valence-corrected chi connectivity index (χ4v) is 4.77. The normalized spacial score (nSPS) is 47.2. The Hall–Kier alpha value is -0.0800. The second-order valence-electron chi connectivity index (χ2n) is 6.41. The summed E-state index contributed by atoms with van der Waals surface area (Å²) in [5.74, 6) is 3.96. The summed E-state index contributed by atoms with van der Waals surface area (Å²) in [6.07, 6.45) is 8.44. The molecule has 4 aliphatic carbocycles. The van der Waals surface area contributed by atoms with Crippen molar-refractivity contribution in [2.45, 2.75) is 57.5 Å². The van der Waals surface area contributed by atoms with Gasteiger partial charge in [0.15, 0.2) is 0 Å². The van der Waals surface area contributed by atoms with Gasteiger partial charge < -0.3 is 10.4 Å². The summed E-state index contributed by atoms with van der Waals surface area (Å²) in [4.78, 5) is 0. The van der Waals surface area contributed by atoms with Crippen LogP contribution in [0.4, 0.5) is 0 Å². The molecule has 0 heterocycles. The quantitative estimate of drug-likeness (QED) is 0.765. The summed E-state index contributed by atoms with van der Waals surface area (Å²) >= 11 is 0. The summed E-state index contributed by atoms with van der Waals surface area (Å²) in [5, 5.41) is 13.1. The van der Waals surface area contributed by atoms with E-state index in [2.05, 4.69) is 12.2 Å². The van der Waals surface area contributed by atoms with E-state index >= 15 is 0 Å². The molecule has 16 heavy (non-hydrogen) atoms. The largest absolute Gasteiger partial charge is 0.395 e. The highest BCUT2D eigenvalue weighted by Crippen LogP contribution is 2.53. The first-order chi connectivity index (χ1) is 7.80. The Kier molecular flexibility index (Phi) is 2.97. The van der Waals surface area contributed by atoms with Crippen LogP contribution in [0.5, 0.6) is 0 Å². The Labute approximate surface area is 98.8 Å². The molecule has 4 rings (SSSR count). The third kappa shape index (κ3) is 1.80. The van der Waals surface area contributed by atoms with Crippen LogP contribution in [-0.4, -0.2) is 23.8 Å². The summed E-state index contributed by atoms with van der Waals surface area (Å²) < 4.78 is 0. The van der Waals surface area contributed by atoms with Gasteiger partial charge in [-0.15, -0.1) is 0 Å². The molecule has 0 amide bonds. The topological polar surface area (TPSA) is 32.3 Å². The molecule has 4 saturated carbocycles. The van der Waals surface area contributed by atoms with Crippen molar-refractivity contribution in [3.05, 3.63) is 0 Å². The van der Waals surface area contributed by atoms with Crippen molar-refractivity contribution in [2.75, 3.05) is 6.61 Å². The molecule has 2 N–H and O–H groups in total. The van der Waals surface area contributed by atoms with Crippen molar-refractivity contribution in [3.8, 4) is 0 Å². The lowest BCUT2D eigenvalue weighted by Crippen LogP contribution is -2.57. The van der Waals surface area contributed by atoms with Crippen LogP contribution >= 0.6 is 0 Å². The number of aliphatic hydroxyl groups is 1. The van der Waals surface area contributed by atoms with Gasteiger partial charge in [-0.05, 0) is 62.2 Å². The van der Waals surface area contributed by atoms with Gasteiger partial charge in [0.25, 0.3) is 0 Å². The Balaban J connectivity index is 1.67. The molecular weight excluding hydrogens is 198 g/mol. The monoisotopic (exact) mass is 223 g/mol. The van der Waals surface area contributed by atoms with Gasteiger partial charge in [-0.1, -0.05) is 6.92 Å². The Morgan fingerprint density at radius 3 is 2.06 bits per heavy atom. The lowest BCUT2D eigenvalue weighted by atomic mass is 9.54. The van der Waals surface area contributed by atoms with E-state index in [9.17, 15) is 5.11 Å². The molecule has 0 aromatic rings. The lowest BCUT2D eigenvalue weighted by molar-refractivity contribution is -0.0202. The number of hydrogen-bond donors (Lipinski definition) is 2. The number of hydrogen-bond acceptors (Lipinski definition) is 2. The first-order valence-electron chi connectivity index (χ1n) is 7.17. The van der Waals surface area contributed by atoms with Gasteiger partial charge in [-0.3, -0.25) is 0 Å². The molecule has 0 aromatic carbocycles. The molecule has 4 fully saturated rings. The van der Waals surface area contributed by atoms with Gasteiger partial charge in [0.1, 0.15) is 0 Å². The second-order valence-corrected chi connectivity index (χ2v) is 6.41. The zero-order valence-corrected chi connectivity index (χ0v) is 10.4. The van der Waals surface area contributed by atoms with E-state index in [1.54, 1.807) is 0 Å². The van der Waals surface area contributed by atoms with Crippen LogP contribution in [0.2, 0.25) is 0 Å². The van der Waals surface area contributed by atoms with Crippen molar-refractivity contribution in [1.29, 1.82) is 0 Å². The molecule has 0 aliphatic heterocycles. The van der Waals surface area contributed by atoms with Gasteiger partial charge in [0.05, 0.1) is 6.61 Å². The van der Waals surface area contributed by atoms with Gasteiger partial charge in [-0.25, -0.2) is 0 Å². The zero-order valence-electron chi connectivity index (χ0n) is 10.4. The highest BCUT2D eigenvalue weighted by molar-refractivity contribution is 5.01. The molecule has 0 spiro atoms. The second kappa shape index (κ2) is 4.30. The minimum Gasteiger partial charge on any atom is -0.395 e. The van der Waals surface area contributed by atoms with Gasteiger partial charge >= 0.3 is 0 Å². The first-order valence-corrected chi connectivity index (χ1v) is 7.17. The minimum absolute atomic E-state index is 0.305. The maximum atomic E-state index is 9.32. The highest BCUT2D eigenvalue weighted by Gasteiger charge is 2.48. The summed E-state index contributed by atoms with van der Waals surface area (Å²) in [5.41, 5.74) is 0. The van der Waals surface area contributed by atoms with Crippen LogP contribution in [0.1, 0.15) is 45.4 Å². The van der Waals surface area contributed by atoms with E-state index in [-0.39, 0.29) is 0 Å². The maximum absolute atomic E-state index is 9.32. The molecule has 0 saturated heterocycles. The molecule has 0 aromatic heterocycles. The zero-order chi connectivity index (χ0) is 11.1. The number of aliphatic hydroxyl groups excluding tert-OH is 1. The van der Waals surface area contributed by atoms with Crippen LogP contribution in [0.15, 0.2) is 0 Å². The Morgan fingerprint density at radius 1 is 1.06 bits per heavy atom. The number of rotatable bonds is 4. The molecular formula is C14H25NO. The summed E-state index contributed by atoms with van der Waals surface area (Å²) in [6.45, 7) is 2.48. The fraction of sp³-hybridized carbons (Fsp3) is 1.00. The van der Waals surface area contributed by atoms with E-state index in [1.807, 2.05) is 0 Å². The Morgan fingerprint density at radius 2 is 1.62 bits per heavy atom. The van der Waals surface area contributed by atoms with Crippen LogP contribution in [-0.2, 0) is 0 Å². The van der Waals surface area contributed by atoms with Crippen LogP contribution < -0.4 is 5.32 Å². The average Bonchev–Trinajstić information content (AvgIpc) is 2.28. The van der Waals surface area contributed by atoms with Gasteiger partial charge in [-0.2, -0.15) is 0 Å². The van der Waals surface area contributed by atoms with E-state index in [0.29, 0.717) is 12.6 Å². The van der Waals surface area contributed by atoms with E-state index in [1.165, 1.54) is 32.1 Å². The van der Waals surface area contributed by atoms with Crippen molar-refractivity contribution < 1.29 is 5.11 Å². The van der Waals surface area contributed by atoms with E-state index in [0.717, 1.165) is 36.1 Å². The smallest absolute Gasteiger partial charge is 0.0584 e. The third-order valence-corrected chi connectivity index (χ3v) is 5.37. The van der Waals surface area contributed by atoms with E-state index < -0.39 is 0 Å². The SMILES string of the molecule is CC[C@@H](CO)NC1C2CC3CC(C2)CC1C3. The Bertz CT molecular complexity index is 221. The highest BCUT2D eigenvalue weighted by atomic mass is 16.3. The molecule has 0 radical (unpaired) electrons. The minimum atomic E-state index is 0.305. The molecule has 0 unspecified atom stereocenters. The van der Waals surface area contributed by atoms with Crippen LogP contribution in [0, 0.1) is 23.7 Å². The maximum Gasteiger partial charge on any atom is 0.0584 e. The van der Waals surface area contributed by atoms with Crippen molar-refractivity contribution in [1.82, 2.24) is 5.32 Å². The van der Waals surface area contributed by atoms with Crippen LogP contribution in [0.3, 0.4) is 0 Å². The lowest BCUT2D eigenvalue weighted by Gasteiger charge is -2.55. The van der Waals surface area contributed by atoms with Gasteiger partial charge in [0.2, 0.25) is 0 Å². The predicted octanol–water partition coefficient (Wildman–Crippen LogP) is 2.17. The molecule has 1 atom stereocenters. The standard InChI is InChI=1S/C14H25NO/c1-2-13(8-16)15-14-11-4-9-3-10(6-11)7-12(14)5-9/h9-16H,2-8H2,1H3/t9?,10?,11?,12?,13-,14?/m0/s1. The fourth-order valence-electron chi connectivity index (χ4n) is 4.77. The molecule has 92 valence electrons. The number of nitrogens with one attached hydrogen (secondary N) is 1. The van der Waals surface area contributed by atoms with E-state index in [4.69, 9.17) is 0 Å². The molecule has 2 nitrogen and oxygen atoms in total. The molecule has 4 aliphatic rings. The van der Waals surface area contributed by atoms with Gasteiger partial charge in [0, 0.05) is 12.1 Å². The average molecular weight is 223 g/mol. The van der Waals surface area contributed by atoms with Crippen LogP contribution in [0.25, 0.3) is 0 Å². The van der Waals surface area contributed by atoms with Crippen molar-refractivity contribution in [3.63, 3.8) is 0 Å².